The minimum atomic E-state index is 0.389. The summed E-state index contributed by atoms with van der Waals surface area (Å²) in [7, 11) is 0. The van der Waals surface area contributed by atoms with Crippen LogP contribution in [0.15, 0.2) is 36.4 Å². The monoisotopic (exact) mass is 321 g/mol. The van der Waals surface area contributed by atoms with Gasteiger partial charge in [-0.2, -0.15) is 0 Å². The zero-order chi connectivity index (χ0) is 14.8. The molecule has 4 heteroatoms. The first-order valence-electron chi connectivity index (χ1n) is 6.80. The third kappa shape index (κ3) is 3.12. The van der Waals surface area contributed by atoms with Crippen molar-refractivity contribution in [2.45, 2.75) is 18.9 Å². The first kappa shape index (κ1) is 14.6. The summed E-state index contributed by atoms with van der Waals surface area (Å²) in [5.74, 6) is 2.05. The fourth-order valence-corrected chi connectivity index (χ4v) is 2.85. The smallest absolute Gasteiger partial charge is 0.126 e. The zero-order valence-corrected chi connectivity index (χ0v) is 13.0. The second kappa shape index (κ2) is 6.17. The van der Waals surface area contributed by atoms with Crippen LogP contribution in [0.1, 0.15) is 23.5 Å². The molecule has 2 nitrogen and oxygen atoms in total. The van der Waals surface area contributed by atoms with Crippen molar-refractivity contribution < 1.29 is 9.47 Å². The third-order valence-corrected chi connectivity index (χ3v) is 4.21. The van der Waals surface area contributed by atoms with Gasteiger partial charge in [0.25, 0.3) is 0 Å². The molecule has 1 atom stereocenters. The molecule has 1 heterocycles. The number of halogens is 2. The predicted molar refractivity (Wildman–Crippen MR) is 85.4 cm³/mol. The van der Waals surface area contributed by atoms with Gasteiger partial charge in [0.1, 0.15) is 18.1 Å². The van der Waals surface area contributed by atoms with Gasteiger partial charge in [0, 0.05) is 33.2 Å². The van der Waals surface area contributed by atoms with Gasteiger partial charge in [0.05, 0.1) is 6.61 Å². The number of hydrogen-bond acceptors (Lipinski definition) is 2. The average Bonchev–Trinajstić information content (AvgIpc) is 2.88. The summed E-state index contributed by atoms with van der Waals surface area (Å²) in [6, 6.07) is 11.3. The van der Waals surface area contributed by atoms with E-state index in [0.717, 1.165) is 23.5 Å². The Kier molecular flexibility index (Phi) is 4.27. The zero-order valence-electron chi connectivity index (χ0n) is 11.4. The molecule has 0 fully saturated rings. The third-order valence-electron chi connectivity index (χ3n) is 3.62. The summed E-state index contributed by atoms with van der Waals surface area (Å²) >= 11 is 12.0. The Labute approximate surface area is 134 Å². The van der Waals surface area contributed by atoms with Crippen LogP contribution in [-0.4, -0.2) is 6.61 Å². The van der Waals surface area contributed by atoms with E-state index in [-0.39, 0.29) is 0 Å². The van der Waals surface area contributed by atoms with Crippen LogP contribution in [0.2, 0.25) is 10.0 Å². The van der Waals surface area contributed by atoms with Crippen LogP contribution in [0.25, 0.3) is 0 Å². The summed E-state index contributed by atoms with van der Waals surface area (Å²) in [4.78, 5) is 0. The van der Waals surface area contributed by atoms with Gasteiger partial charge in [-0.25, -0.2) is 0 Å². The first-order valence-corrected chi connectivity index (χ1v) is 7.55. The van der Waals surface area contributed by atoms with E-state index in [1.807, 2.05) is 18.2 Å². The van der Waals surface area contributed by atoms with Crippen LogP contribution in [-0.2, 0) is 6.61 Å². The Bertz CT molecular complexity index is 655. The number of benzene rings is 2. The topological polar surface area (TPSA) is 18.5 Å². The molecular weight excluding hydrogens is 307 g/mol. The molecule has 109 valence electrons. The van der Waals surface area contributed by atoms with Crippen molar-refractivity contribution in [3.05, 3.63) is 64.5 Å². The molecule has 2 aromatic carbocycles. The van der Waals surface area contributed by atoms with Gasteiger partial charge < -0.3 is 9.47 Å². The molecule has 21 heavy (non-hydrogen) atoms. The van der Waals surface area contributed by atoms with Crippen LogP contribution >= 0.6 is 23.2 Å². The van der Waals surface area contributed by atoms with Gasteiger partial charge in [0.15, 0.2) is 0 Å². The fraction of sp³-hybridized carbons (Fsp3) is 0.235. The Balaban J connectivity index is 1.72. The molecule has 0 amide bonds. The van der Waals surface area contributed by atoms with Gasteiger partial charge in [-0.15, -0.1) is 0 Å². The molecule has 0 aliphatic carbocycles. The van der Waals surface area contributed by atoms with Crippen molar-refractivity contribution in [2.75, 3.05) is 6.61 Å². The molecule has 0 unspecified atom stereocenters. The minimum absolute atomic E-state index is 0.389. The maximum Gasteiger partial charge on any atom is 0.126 e. The maximum absolute atomic E-state index is 6.13. The average molecular weight is 322 g/mol. The van der Waals surface area contributed by atoms with E-state index in [1.54, 1.807) is 12.1 Å². The molecular formula is C17H15Cl2O2. The van der Waals surface area contributed by atoms with Crippen LogP contribution in [0, 0.1) is 6.92 Å². The maximum atomic E-state index is 6.13. The van der Waals surface area contributed by atoms with Crippen LogP contribution in [0.5, 0.6) is 11.5 Å². The minimum Gasteiger partial charge on any atom is -0.493 e. The largest absolute Gasteiger partial charge is 0.493 e. The van der Waals surface area contributed by atoms with Gasteiger partial charge >= 0.3 is 0 Å². The van der Waals surface area contributed by atoms with E-state index in [1.165, 1.54) is 5.56 Å². The lowest BCUT2D eigenvalue weighted by Gasteiger charge is -2.10. The summed E-state index contributed by atoms with van der Waals surface area (Å²) in [6.07, 6.45) is 0.841. The van der Waals surface area contributed by atoms with Crippen molar-refractivity contribution >= 4 is 23.2 Å². The standard InChI is InChI=1S/C17H15Cl2O2/c1-2-11-9-21-17-8-14(5-6-15(11)17)20-10-12-3-4-13(18)7-16(12)19/h3-8,11H,1-2,9-10H2/t11-/m1/s1. The Morgan fingerprint density at radius 1 is 1.19 bits per heavy atom. The lowest BCUT2D eigenvalue weighted by atomic mass is 9.99. The van der Waals surface area contributed by atoms with E-state index >= 15 is 0 Å². The van der Waals surface area contributed by atoms with E-state index in [2.05, 4.69) is 13.0 Å². The molecule has 0 saturated carbocycles. The normalized spacial score (nSPS) is 16.4. The van der Waals surface area contributed by atoms with Crippen molar-refractivity contribution in [1.29, 1.82) is 0 Å². The highest BCUT2D eigenvalue weighted by Crippen LogP contribution is 2.38. The van der Waals surface area contributed by atoms with Crippen molar-refractivity contribution in [3.8, 4) is 11.5 Å². The molecule has 2 aromatic rings. The van der Waals surface area contributed by atoms with Crippen LogP contribution < -0.4 is 9.47 Å². The van der Waals surface area contributed by atoms with Gasteiger partial charge in [0.2, 0.25) is 0 Å². The number of hydrogen-bond donors (Lipinski definition) is 0. The molecule has 0 bridgehead atoms. The molecule has 0 aromatic heterocycles. The molecule has 0 spiro atoms. The predicted octanol–water partition coefficient (Wildman–Crippen LogP) is 5.27. The van der Waals surface area contributed by atoms with Gasteiger partial charge in [-0.1, -0.05) is 42.3 Å². The number of rotatable bonds is 4. The second-order valence-electron chi connectivity index (χ2n) is 5.02. The van der Waals surface area contributed by atoms with Crippen molar-refractivity contribution in [2.24, 2.45) is 0 Å². The number of fused-ring (bicyclic) bond motifs is 1. The number of ether oxygens (including phenoxy) is 2. The Morgan fingerprint density at radius 3 is 2.81 bits per heavy atom. The highest BCUT2D eigenvalue weighted by atomic mass is 35.5. The Hall–Kier alpha value is -1.38. The van der Waals surface area contributed by atoms with Gasteiger partial charge in [-0.3, -0.25) is 0 Å². The lowest BCUT2D eigenvalue weighted by Crippen LogP contribution is -1.97. The lowest BCUT2D eigenvalue weighted by molar-refractivity contribution is 0.301. The van der Waals surface area contributed by atoms with Crippen LogP contribution in [0.3, 0.4) is 0 Å². The van der Waals surface area contributed by atoms with E-state index < -0.39 is 0 Å². The first-order chi connectivity index (χ1) is 10.2. The van der Waals surface area contributed by atoms with E-state index in [0.29, 0.717) is 29.2 Å². The molecule has 3 rings (SSSR count). The second-order valence-corrected chi connectivity index (χ2v) is 5.86. The molecule has 1 aliphatic rings. The summed E-state index contributed by atoms with van der Waals surface area (Å²) < 4.78 is 11.5. The quantitative estimate of drug-likeness (QED) is 0.763. The van der Waals surface area contributed by atoms with Crippen LogP contribution in [0.4, 0.5) is 0 Å². The van der Waals surface area contributed by atoms with Crippen molar-refractivity contribution in [1.82, 2.24) is 0 Å². The highest BCUT2D eigenvalue weighted by Gasteiger charge is 2.22. The van der Waals surface area contributed by atoms with Gasteiger partial charge in [-0.05, 0) is 24.6 Å². The Morgan fingerprint density at radius 2 is 2.05 bits per heavy atom. The summed E-state index contributed by atoms with van der Waals surface area (Å²) in [6.45, 7) is 5.04. The van der Waals surface area contributed by atoms with E-state index in [4.69, 9.17) is 32.7 Å². The molecule has 1 aliphatic heterocycles. The summed E-state index contributed by atoms with van der Waals surface area (Å²) in [5.41, 5.74) is 2.11. The fourth-order valence-electron chi connectivity index (χ4n) is 2.39. The molecule has 1 radical (unpaired) electrons. The highest BCUT2D eigenvalue weighted by molar-refractivity contribution is 6.35. The SMILES string of the molecule is [CH2]C[C@@H]1COc2cc(OCc3ccc(Cl)cc3Cl)ccc21. The summed E-state index contributed by atoms with van der Waals surface area (Å²) in [5, 5.41) is 1.23. The molecule has 0 saturated heterocycles. The molecule has 0 N–H and O–H groups in total. The van der Waals surface area contributed by atoms with E-state index in [9.17, 15) is 0 Å². The van der Waals surface area contributed by atoms with Crippen molar-refractivity contribution in [3.63, 3.8) is 0 Å².